The van der Waals surface area contributed by atoms with Crippen molar-refractivity contribution in [3.05, 3.63) is 47.8 Å². The van der Waals surface area contributed by atoms with Crippen LogP contribution in [0.1, 0.15) is 34.9 Å². The van der Waals surface area contributed by atoms with Crippen LogP contribution in [-0.4, -0.2) is 38.4 Å². The fourth-order valence-electron chi connectivity index (χ4n) is 3.82. The zero-order valence-corrected chi connectivity index (χ0v) is 13.9. The van der Waals surface area contributed by atoms with E-state index in [2.05, 4.69) is 33.3 Å². The first-order valence-corrected chi connectivity index (χ1v) is 8.41. The van der Waals surface area contributed by atoms with Crippen LogP contribution in [0, 0.1) is 11.8 Å². The highest BCUT2D eigenvalue weighted by atomic mass is 16.2. The van der Waals surface area contributed by atoms with E-state index >= 15 is 0 Å². The second-order valence-electron chi connectivity index (χ2n) is 6.67. The van der Waals surface area contributed by atoms with Gasteiger partial charge in [-0.2, -0.15) is 0 Å². The molecule has 2 heterocycles. The Balaban J connectivity index is 1.44. The molecule has 0 spiro atoms. The van der Waals surface area contributed by atoms with Gasteiger partial charge in [0.05, 0.1) is 12.2 Å². The van der Waals surface area contributed by atoms with Crippen LogP contribution in [0.15, 0.2) is 36.5 Å². The second kappa shape index (κ2) is 6.19. The lowest BCUT2D eigenvalue weighted by Gasteiger charge is -2.34. The summed E-state index contributed by atoms with van der Waals surface area (Å²) in [7, 11) is 1.67. The van der Waals surface area contributed by atoms with Gasteiger partial charge in [-0.05, 0) is 30.2 Å². The monoisotopic (exact) mass is 340 g/mol. The summed E-state index contributed by atoms with van der Waals surface area (Å²) in [5.74, 6) is 0.565. The molecule has 1 saturated heterocycles. The quantitative estimate of drug-likeness (QED) is 0.805. The van der Waals surface area contributed by atoms with Crippen molar-refractivity contribution in [2.24, 2.45) is 18.9 Å². The minimum Gasteiger partial charge on any atom is -0.316 e. The number of amides is 3. The molecule has 1 aromatic heterocycles. The highest BCUT2D eigenvalue weighted by Crippen LogP contribution is 2.51. The number of urea groups is 1. The lowest BCUT2D eigenvalue weighted by Crippen LogP contribution is -2.49. The molecule has 1 aromatic carbocycles. The number of nitrogens with zero attached hydrogens (tertiary/aromatic N) is 4. The fourth-order valence-corrected chi connectivity index (χ4v) is 3.82. The zero-order valence-electron chi connectivity index (χ0n) is 13.9. The van der Waals surface area contributed by atoms with E-state index in [1.54, 1.807) is 7.05 Å². The van der Waals surface area contributed by atoms with Gasteiger partial charge in [-0.15, -0.1) is 5.10 Å². The van der Waals surface area contributed by atoms with Gasteiger partial charge in [0.15, 0.2) is 5.69 Å². The molecule has 0 unspecified atom stereocenters. The van der Waals surface area contributed by atoms with E-state index in [0.717, 1.165) is 24.9 Å². The molecular formula is C17H20N6O2. The van der Waals surface area contributed by atoms with Crippen molar-refractivity contribution in [2.75, 3.05) is 6.54 Å². The Morgan fingerprint density at radius 3 is 2.60 bits per heavy atom. The fraction of sp³-hybridized carbons (Fsp3) is 0.412. The first-order valence-electron chi connectivity index (χ1n) is 8.41. The smallest absolute Gasteiger partial charge is 0.316 e. The van der Waals surface area contributed by atoms with Crippen LogP contribution in [0.25, 0.3) is 0 Å². The molecule has 8 heteroatoms. The van der Waals surface area contributed by atoms with Crippen LogP contribution in [0.2, 0.25) is 0 Å². The Morgan fingerprint density at radius 1 is 1.16 bits per heavy atom. The van der Waals surface area contributed by atoms with Crippen LogP contribution in [0.5, 0.6) is 0 Å². The third-order valence-corrected chi connectivity index (χ3v) is 5.17. The number of rotatable bonds is 2. The number of fused-ring (bicyclic) bond motifs is 1. The van der Waals surface area contributed by atoms with Crippen molar-refractivity contribution in [2.45, 2.75) is 18.9 Å². The molecular weight excluding hydrogens is 320 g/mol. The molecule has 4 rings (SSSR count). The number of aryl methyl sites for hydroxylation is 1. The van der Waals surface area contributed by atoms with Crippen molar-refractivity contribution in [3.63, 3.8) is 0 Å². The summed E-state index contributed by atoms with van der Waals surface area (Å²) in [4.78, 5) is 26.5. The number of hydrogen-bond donors (Lipinski definition) is 2. The van der Waals surface area contributed by atoms with Crippen LogP contribution < -0.4 is 10.9 Å². The predicted molar refractivity (Wildman–Crippen MR) is 89.1 cm³/mol. The molecule has 1 saturated carbocycles. The third kappa shape index (κ3) is 2.84. The lowest BCUT2D eigenvalue weighted by molar-refractivity contribution is 0.0922. The zero-order chi connectivity index (χ0) is 17.4. The number of hydrazine groups is 1. The number of carbonyl (C=O) groups is 2. The van der Waals surface area contributed by atoms with Gasteiger partial charge in [0, 0.05) is 13.6 Å². The average molecular weight is 340 g/mol. The minimum atomic E-state index is -0.486. The standard InChI is InChI=1S/C17H20N6O2/c1-22-10-14(18-21-22)16(24)19-20-17(25)23-9-12-7-8-13(12)15(23)11-5-3-2-4-6-11/h2-6,10,12-13,15H,7-9H2,1H3,(H,19,24)(H,20,25)/t12-,13-,15-/m0/s1. The molecule has 0 bridgehead atoms. The van der Waals surface area contributed by atoms with Gasteiger partial charge in [0.1, 0.15) is 0 Å². The molecule has 8 nitrogen and oxygen atoms in total. The number of likely N-dealkylation sites (tertiary alicyclic amines) is 1. The number of nitrogens with one attached hydrogen (secondary N) is 2. The maximum absolute atomic E-state index is 12.6. The van der Waals surface area contributed by atoms with Gasteiger partial charge in [-0.3, -0.25) is 14.9 Å². The number of benzene rings is 1. The molecule has 130 valence electrons. The van der Waals surface area contributed by atoms with Crippen molar-refractivity contribution in [1.82, 2.24) is 30.7 Å². The van der Waals surface area contributed by atoms with Gasteiger partial charge >= 0.3 is 6.03 Å². The van der Waals surface area contributed by atoms with Gasteiger partial charge in [0.25, 0.3) is 5.91 Å². The predicted octanol–water partition coefficient (Wildman–Crippen LogP) is 1.25. The molecule has 2 N–H and O–H groups in total. The lowest BCUT2D eigenvalue weighted by atomic mass is 9.71. The van der Waals surface area contributed by atoms with E-state index in [1.807, 2.05) is 23.1 Å². The molecule has 2 aliphatic rings. The molecule has 25 heavy (non-hydrogen) atoms. The number of aromatic nitrogens is 3. The van der Waals surface area contributed by atoms with Gasteiger partial charge in [0.2, 0.25) is 0 Å². The summed E-state index contributed by atoms with van der Waals surface area (Å²) in [6.07, 6.45) is 3.79. The first kappa shape index (κ1) is 15.6. The van der Waals surface area contributed by atoms with Crippen LogP contribution >= 0.6 is 0 Å². The van der Waals surface area contributed by atoms with E-state index in [4.69, 9.17) is 0 Å². The highest BCUT2D eigenvalue weighted by molar-refractivity contribution is 5.93. The molecule has 2 fully saturated rings. The van der Waals surface area contributed by atoms with Crippen LogP contribution in [-0.2, 0) is 7.05 Å². The van der Waals surface area contributed by atoms with E-state index in [9.17, 15) is 9.59 Å². The molecule has 2 aromatic rings. The van der Waals surface area contributed by atoms with Crippen LogP contribution in [0.3, 0.4) is 0 Å². The molecule has 1 aliphatic carbocycles. The summed E-state index contributed by atoms with van der Waals surface area (Å²) in [6, 6.07) is 9.85. The van der Waals surface area contributed by atoms with E-state index in [0.29, 0.717) is 11.8 Å². The van der Waals surface area contributed by atoms with Gasteiger partial charge < -0.3 is 4.90 Å². The first-order chi connectivity index (χ1) is 12.1. The van der Waals surface area contributed by atoms with Gasteiger partial charge in [-0.1, -0.05) is 35.5 Å². The Hall–Kier alpha value is -2.90. The average Bonchev–Trinajstić information content (AvgIpc) is 3.15. The van der Waals surface area contributed by atoms with Gasteiger partial charge in [-0.25, -0.2) is 10.2 Å². The topological polar surface area (TPSA) is 92.2 Å². The van der Waals surface area contributed by atoms with Crippen LogP contribution in [0.4, 0.5) is 4.79 Å². The van der Waals surface area contributed by atoms with E-state index in [-0.39, 0.29) is 17.8 Å². The number of hydrogen-bond acceptors (Lipinski definition) is 4. The van der Waals surface area contributed by atoms with Crippen molar-refractivity contribution in [3.8, 4) is 0 Å². The number of carbonyl (C=O) groups excluding carboxylic acids is 2. The summed E-state index contributed by atoms with van der Waals surface area (Å²) < 4.78 is 1.43. The van der Waals surface area contributed by atoms with E-state index in [1.165, 1.54) is 10.9 Å². The SMILES string of the molecule is Cn1cc(C(=O)NNC(=O)N2C[C@@H]3CC[C@@H]3[C@@H]2c2ccccc2)nn1. The normalized spacial score (nSPS) is 24.4. The van der Waals surface area contributed by atoms with Crippen molar-refractivity contribution in [1.29, 1.82) is 0 Å². The summed E-state index contributed by atoms with van der Waals surface area (Å²) >= 11 is 0. The Bertz CT molecular complexity index is 789. The summed E-state index contributed by atoms with van der Waals surface area (Å²) in [5, 5.41) is 7.43. The molecule has 3 atom stereocenters. The second-order valence-corrected chi connectivity index (χ2v) is 6.67. The molecule has 0 radical (unpaired) electrons. The maximum Gasteiger partial charge on any atom is 0.336 e. The molecule has 1 aliphatic heterocycles. The summed E-state index contributed by atoms with van der Waals surface area (Å²) in [6.45, 7) is 0.719. The Labute approximate surface area is 145 Å². The van der Waals surface area contributed by atoms with Crippen molar-refractivity contribution >= 4 is 11.9 Å². The minimum absolute atomic E-state index is 0.0633. The highest BCUT2D eigenvalue weighted by Gasteiger charge is 2.49. The molecule has 3 amide bonds. The Kier molecular flexibility index (Phi) is 3.87. The third-order valence-electron chi connectivity index (χ3n) is 5.17. The van der Waals surface area contributed by atoms with E-state index < -0.39 is 5.91 Å². The maximum atomic E-state index is 12.6. The largest absolute Gasteiger partial charge is 0.336 e. The summed E-state index contributed by atoms with van der Waals surface area (Å²) in [5.41, 5.74) is 6.23. The van der Waals surface area contributed by atoms with Crippen molar-refractivity contribution < 1.29 is 9.59 Å². The Morgan fingerprint density at radius 2 is 1.96 bits per heavy atom.